The van der Waals surface area contributed by atoms with Crippen LogP contribution in [-0.2, 0) is 6.18 Å². The average molecular weight is 296 g/mol. The molecule has 1 aromatic carbocycles. The molecule has 0 saturated carbocycles. The zero-order chi connectivity index (χ0) is 16.0. The molecule has 1 atom stereocenters. The Hall–Kier alpha value is -1.88. The van der Waals surface area contributed by atoms with Gasteiger partial charge in [-0.3, -0.25) is 4.98 Å². The van der Waals surface area contributed by atoms with Gasteiger partial charge in [0.05, 0.1) is 17.3 Å². The van der Waals surface area contributed by atoms with Crippen LogP contribution in [0.3, 0.4) is 0 Å². The smallest absolute Gasteiger partial charge is 0.319 e. The summed E-state index contributed by atoms with van der Waals surface area (Å²) in [5, 5.41) is 0. The predicted octanol–water partition coefficient (Wildman–Crippen LogP) is 4.48. The van der Waals surface area contributed by atoms with Gasteiger partial charge >= 0.3 is 6.18 Å². The van der Waals surface area contributed by atoms with E-state index in [2.05, 4.69) is 4.98 Å². The van der Waals surface area contributed by atoms with Crippen LogP contribution in [0.1, 0.15) is 42.3 Å². The molecule has 114 valence electrons. The van der Waals surface area contributed by atoms with Crippen molar-refractivity contribution in [1.29, 1.82) is 0 Å². The van der Waals surface area contributed by atoms with Crippen molar-refractivity contribution in [2.75, 3.05) is 0 Å². The first-order chi connectivity index (χ1) is 9.89. The Morgan fingerprint density at radius 2 is 1.62 bits per heavy atom. The zero-order valence-electron chi connectivity index (χ0n) is 12.3. The van der Waals surface area contributed by atoms with E-state index in [1.165, 1.54) is 12.3 Å². The van der Waals surface area contributed by atoms with E-state index in [4.69, 9.17) is 5.73 Å². The van der Waals surface area contributed by atoms with Crippen LogP contribution >= 0.6 is 0 Å². The number of pyridine rings is 1. The van der Waals surface area contributed by atoms with E-state index in [1.54, 1.807) is 12.1 Å². The fourth-order valence-electron chi connectivity index (χ4n) is 1.84. The summed E-state index contributed by atoms with van der Waals surface area (Å²) in [6.07, 6.45) is -3.13. The van der Waals surface area contributed by atoms with Crippen molar-refractivity contribution in [1.82, 2.24) is 4.98 Å². The molecule has 0 saturated heterocycles. The lowest BCUT2D eigenvalue weighted by Gasteiger charge is -2.17. The molecule has 5 heteroatoms. The van der Waals surface area contributed by atoms with Crippen LogP contribution in [0.25, 0.3) is 0 Å². The molecule has 0 bridgehead atoms. The minimum atomic E-state index is -4.45. The van der Waals surface area contributed by atoms with Crippen molar-refractivity contribution >= 4 is 0 Å². The number of alkyl halides is 3. The van der Waals surface area contributed by atoms with Gasteiger partial charge in [0.2, 0.25) is 0 Å². The number of nitrogens with zero attached hydrogens (tertiary/aromatic N) is 1. The lowest BCUT2D eigenvalue weighted by atomic mass is 9.99. The number of aromatic nitrogens is 1. The van der Waals surface area contributed by atoms with Gasteiger partial charge in [-0.05, 0) is 24.6 Å². The molecule has 2 nitrogen and oxygen atoms in total. The number of halogens is 3. The van der Waals surface area contributed by atoms with E-state index in [0.717, 1.165) is 11.6 Å². The fraction of sp³-hybridized carbons (Fsp3) is 0.312. The maximum atomic E-state index is 12.9. The second-order valence-corrected chi connectivity index (χ2v) is 4.32. The molecule has 1 heterocycles. The second-order valence-electron chi connectivity index (χ2n) is 4.32. The minimum Gasteiger partial charge on any atom is -0.319 e. The van der Waals surface area contributed by atoms with Crippen LogP contribution in [0.15, 0.2) is 42.6 Å². The topological polar surface area (TPSA) is 38.9 Å². The van der Waals surface area contributed by atoms with Crippen LogP contribution < -0.4 is 5.73 Å². The quantitative estimate of drug-likeness (QED) is 0.887. The second kappa shape index (κ2) is 7.22. The van der Waals surface area contributed by atoms with Crippen molar-refractivity contribution < 1.29 is 13.2 Å². The highest BCUT2D eigenvalue weighted by Crippen LogP contribution is 2.34. The number of hydrogen-bond acceptors (Lipinski definition) is 2. The van der Waals surface area contributed by atoms with Crippen LogP contribution in [0.2, 0.25) is 0 Å². The lowest BCUT2D eigenvalue weighted by molar-refractivity contribution is -0.138. The van der Waals surface area contributed by atoms with E-state index in [-0.39, 0.29) is 5.69 Å². The molecule has 0 radical (unpaired) electrons. The van der Waals surface area contributed by atoms with Crippen LogP contribution in [0.5, 0.6) is 0 Å². The molecule has 0 aliphatic heterocycles. The molecule has 1 unspecified atom stereocenters. The molecular weight excluding hydrogens is 277 g/mol. The largest absolute Gasteiger partial charge is 0.418 e. The molecule has 0 spiro atoms. The van der Waals surface area contributed by atoms with E-state index in [0.29, 0.717) is 5.56 Å². The van der Waals surface area contributed by atoms with Crippen molar-refractivity contribution in [3.05, 3.63) is 65.0 Å². The number of hydrogen-bond donors (Lipinski definition) is 1. The maximum Gasteiger partial charge on any atom is 0.418 e. The number of rotatable bonds is 2. The predicted molar refractivity (Wildman–Crippen MR) is 77.8 cm³/mol. The molecule has 1 aromatic heterocycles. The summed E-state index contributed by atoms with van der Waals surface area (Å²) in [7, 11) is 0. The standard InChI is InChI=1S/C14H13F3N2.C2H6/c1-9-4-6-10(7-5-9)12(18)13-11(14(15,16)17)3-2-8-19-13;1-2/h2-8,12H,18H2,1H3;1-2H3. The average Bonchev–Trinajstić information content (AvgIpc) is 2.48. The first kappa shape index (κ1) is 17.2. The third-order valence-corrected chi connectivity index (χ3v) is 2.87. The highest BCUT2D eigenvalue weighted by molar-refractivity contribution is 5.34. The summed E-state index contributed by atoms with van der Waals surface area (Å²) in [4.78, 5) is 3.80. The number of nitrogens with two attached hydrogens (primary N) is 1. The Labute approximate surface area is 122 Å². The van der Waals surface area contributed by atoms with Crippen molar-refractivity contribution in [2.45, 2.75) is 33.0 Å². The molecule has 0 aliphatic carbocycles. The summed E-state index contributed by atoms with van der Waals surface area (Å²) < 4.78 is 38.7. The van der Waals surface area contributed by atoms with Gasteiger partial charge in [0.25, 0.3) is 0 Å². The molecule has 21 heavy (non-hydrogen) atoms. The fourth-order valence-corrected chi connectivity index (χ4v) is 1.84. The molecule has 2 N–H and O–H groups in total. The first-order valence-corrected chi connectivity index (χ1v) is 6.74. The van der Waals surface area contributed by atoms with Gasteiger partial charge < -0.3 is 5.73 Å². The maximum absolute atomic E-state index is 12.9. The first-order valence-electron chi connectivity index (χ1n) is 6.74. The highest BCUT2D eigenvalue weighted by Gasteiger charge is 2.35. The molecular formula is C16H19F3N2. The highest BCUT2D eigenvalue weighted by atomic mass is 19.4. The van der Waals surface area contributed by atoms with Crippen molar-refractivity contribution in [3.63, 3.8) is 0 Å². The van der Waals surface area contributed by atoms with Crippen LogP contribution in [-0.4, -0.2) is 4.98 Å². The SMILES string of the molecule is CC.Cc1ccc(C(N)c2ncccc2C(F)(F)F)cc1. The Bertz CT molecular complexity index is 562. The molecule has 2 aromatic rings. The van der Waals surface area contributed by atoms with Crippen LogP contribution in [0.4, 0.5) is 13.2 Å². The summed E-state index contributed by atoms with van der Waals surface area (Å²) in [6, 6.07) is 8.42. The third-order valence-electron chi connectivity index (χ3n) is 2.87. The van der Waals surface area contributed by atoms with Gasteiger partial charge in [-0.15, -0.1) is 0 Å². The normalized spacial score (nSPS) is 12.3. The summed E-state index contributed by atoms with van der Waals surface area (Å²) in [5.41, 5.74) is 6.59. The van der Waals surface area contributed by atoms with E-state index >= 15 is 0 Å². The lowest BCUT2D eigenvalue weighted by Crippen LogP contribution is -2.20. The molecule has 0 amide bonds. The zero-order valence-corrected chi connectivity index (χ0v) is 12.3. The Morgan fingerprint density at radius 1 is 1.05 bits per heavy atom. The number of aryl methyl sites for hydroxylation is 1. The Morgan fingerprint density at radius 3 is 2.14 bits per heavy atom. The van der Waals surface area contributed by atoms with Gasteiger partial charge in [0.1, 0.15) is 0 Å². The summed E-state index contributed by atoms with van der Waals surface area (Å²) in [6.45, 7) is 5.90. The minimum absolute atomic E-state index is 0.154. The van der Waals surface area contributed by atoms with Gasteiger partial charge in [-0.1, -0.05) is 43.7 Å². The number of benzene rings is 1. The third kappa shape index (κ3) is 4.29. The van der Waals surface area contributed by atoms with E-state index in [1.807, 2.05) is 32.9 Å². The molecule has 2 rings (SSSR count). The molecule has 0 fully saturated rings. The van der Waals surface area contributed by atoms with E-state index in [9.17, 15) is 13.2 Å². The summed E-state index contributed by atoms with van der Waals surface area (Å²) >= 11 is 0. The summed E-state index contributed by atoms with van der Waals surface area (Å²) in [5.74, 6) is 0. The Kier molecular flexibility index (Phi) is 5.90. The molecule has 0 aliphatic rings. The Balaban J connectivity index is 0.00000106. The van der Waals surface area contributed by atoms with Crippen LogP contribution in [0, 0.1) is 6.92 Å². The van der Waals surface area contributed by atoms with E-state index < -0.39 is 17.8 Å². The van der Waals surface area contributed by atoms with Crippen molar-refractivity contribution in [3.8, 4) is 0 Å². The van der Waals surface area contributed by atoms with Gasteiger partial charge in [-0.25, -0.2) is 0 Å². The van der Waals surface area contributed by atoms with Crippen molar-refractivity contribution in [2.24, 2.45) is 5.73 Å². The monoisotopic (exact) mass is 296 g/mol. The van der Waals surface area contributed by atoms with Gasteiger partial charge in [0.15, 0.2) is 0 Å². The van der Waals surface area contributed by atoms with Gasteiger partial charge in [0, 0.05) is 6.20 Å². The van der Waals surface area contributed by atoms with Gasteiger partial charge in [-0.2, -0.15) is 13.2 Å².